The first-order chi connectivity index (χ1) is 8.56. The fourth-order valence-electron chi connectivity index (χ4n) is 1.59. The summed E-state index contributed by atoms with van der Waals surface area (Å²) >= 11 is 13.7. The molecule has 0 saturated carbocycles. The Balaban J connectivity index is 1.99. The van der Waals surface area contributed by atoms with Crippen molar-refractivity contribution in [3.05, 3.63) is 49.9 Å². The molecule has 2 nitrogen and oxygen atoms in total. The number of benzene rings is 1. The van der Waals surface area contributed by atoms with Gasteiger partial charge in [0, 0.05) is 27.7 Å². The Labute approximate surface area is 121 Å². The maximum atomic E-state index is 6.13. The predicted molar refractivity (Wildman–Crippen MR) is 78.6 cm³/mol. The summed E-state index contributed by atoms with van der Waals surface area (Å²) in [6.07, 6.45) is 1.90. The molecule has 5 heteroatoms. The average molecular weight is 301 g/mol. The molecule has 1 heterocycles. The largest absolute Gasteiger partial charge is 0.304 e. The molecule has 0 bridgehead atoms. The van der Waals surface area contributed by atoms with Gasteiger partial charge in [-0.05, 0) is 31.5 Å². The first-order valence-electron chi connectivity index (χ1n) is 5.66. The highest BCUT2D eigenvalue weighted by Crippen LogP contribution is 2.23. The van der Waals surface area contributed by atoms with Gasteiger partial charge in [-0.15, -0.1) is 11.3 Å². The van der Waals surface area contributed by atoms with Crippen molar-refractivity contribution in [3.63, 3.8) is 0 Å². The van der Waals surface area contributed by atoms with E-state index in [1.807, 2.05) is 18.3 Å². The zero-order valence-corrected chi connectivity index (χ0v) is 12.5. The van der Waals surface area contributed by atoms with E-state index in [0.29, 0.717) is 16.6 Å². The monoisotopic (exact) mass is 300 g/mol. The van der Waals surface area contributed by atoms with Crippen molar-refractivity contribution >= 4 is 34.5 Å². The lowest BCUT2D eigenvalue weighted by Crippen LogP contribution is -2.18. The van der Waals surface area contributed by atoms with Crippen LogP contribution in [0.2, 0.25) is 10.0 Å². The van der Waals surface area contributed by atoms with Gasteiger partial charge < -0.3 is 5.32 Å². The van der Waals surface area contributed by atoms with Gasteiger partial charge in [-0.1, -0.05) is 29.3 Å². The minimum Gasteiger partial charge on any atom is -0.304 e. The van der Waals surface area contributed by atoms with E-state index in [0.717, 1.165) is 10.6 Å². The summed E-state index contributed by atoms with van der Waals surface area (Å²) in [6, 6.07) is 5.77. The maximum absolute atomic E-state index is 6.13. The van der Waals surface area contributed by atoms with Crippen LogP contribution in [0.15, 0.2) is 24.4 Å². The fraction of sp³-hybridized carbons (Fsp3) is 0.308. The van der Waals surface area contributed by atoms with Gasteiger partial charge in [0.1, 0.15) is 5.01 Å². The number of nitrogens with zero attached hydrogens (tertiary/aromatic N) is 1. The van der Waals surface area contributed by atoms with Crippen LogP contribution in [-0.2, 0) is 6.54 Å². The molecule has 2 aromatic rings. The van der Waals surface area contributed by atoms with Crippen LogP contribution >= 0.6 is 34.5 Å². The summed E-state index contributed by atoms with van der Waals surface area (Å²) < 4.78 is 0. The third-order valence-electron chi connectivity index (χ3n) is 2.62. The normalized spacial score (nSPS) is 12.7. The van der Waals surface area contributed by atoms with Crippen LogP contribution in [0, 0.1) is 6.92 Å². The second kappa shape index (κ2) is 6.02. The highest BCUT2D eigenvalue weighted by atomic mass is 35.5. The highest BCUT2D eigenvalue weighted by molar-refractivity contribution is 7.11. The molecule has 1 aromatic heterocycles. The Morgan fingerprint density at radius 1 is 1.39 bits per heavy atom. The number of hydrogen-bond acceptors (Lipinski definition) is 3. The molecule has 1 atom stereocenters. The molecule has 0 aliphatic carbocycles. The quantitative estimate of drug-likeness (QED) is 0.892. The minimum atomic E-state index is 0.218. The van der Waals surface area contributed by atoms with E-state index < -0.39 is 0 Å². The third-order valence-corrected chi connectivity index (χ3v) is 4.31. The summed E-state index contributed by atoms with van der Waals surface area (Å²) in [6.45, 7) is 4.86. The number of thiazole rings is 1. The molecule has 0 spiro atoms. The van der Waals surface area contributed by atoms with E-state index in [1.54, 1.807) is 17.4 Å². The number of nitrogens with one attached hydrogen (secondary N) is 1. The Hall–Kier alpha value is -0.610. The first-order valence-corrected chi connectivity index (χ1v) is 7.23. The van der Waals surface area contributed by atoms with Crippen molar-refractivity contribution in [2.24, 2.45) is 0 Å². The van der Waals surface area contributed by atoms with Crippen molar-refractivity contribution in [3.8, 4) is 0 Å². The van der Waals surface area contributed by atoms with Gasteiger partial charge in [0.2, 0.25) is 0 Å². The highest BCUT2D eigenvalue weighted by Gasteiger charge is 2.09. The zero-order valence-electron chi connectivity index (χ0n) is 10.2. The van der Waals surface area contributed by atoms with E-state index >= 15 is 0 Å². The number of aromatic nitrogens is 1. The van der Waals surface area contributed by atoms with Crippen LogP contribution in [0.3, 0.4) is 0 Å². The van der Waals surface area contributed by atoms with E-state index in [2.05, 4.69) is 24.1 Å². The Bertz CT molecular complexity index is 540. The van der Waals surface area contributed by atoms with Gasteiger partial charge in [0.15, 0.2) is 0 Å². The number of aryl methyl sites for hydroxylation is 1. The van der Waals surface area contributed by atoms with E-state index in [1.165, 1.54) is 4.88 Å². The molecule has 0 aliphatic heterocycles. The summed E-state index contributed by atoms with van der Waals surface area (Å²) in [5, 5.41) is 5.86. The lowest BCUT2D eigenvalue weighted by atomic mass is 10.2. The van der Waals surface area contributed by atoms with Crippen LogP contribution in [0.4, 0.5) is 0 Å². The zero-order chi connectivity index (χ0) is 13.1. The smallest absolute Gasteiger partial charge is 0.109 e. The van der Waals surface area contributed by atoms with Gasteiger partial charge in [0.05, 0.1) is 6.04 Å². The Kier molecular flexibility index (Phi) is 4.62. The molecule has 1 unspecified atom stereocenters. The summed E-state index contributed by atoms with van der Waals surface area (Å²) in [4.78, 5) is 5.59. The van der Waals surface area contributed by atoms with Gasteiger partial charge in [-0.25, -0.2) is 4.98 Å². The van der Waals surface area contributed by atoms with Crippen molar-refractivity contribution < 1.29 is 0 Å². The Morgan fingerprint density at radius 2 is 2.17 bits per heavy atom. The number of halogens is 2. The molecule has 0 amide bonds. The molecule has 18 heavy (non-hydrogen) atoms. The molecule has 0 radical (unpaired) electrons. The topological polar surface area (TPSA) is 24.9 Å². The average Bonchev–Trinajstić information content (AvgIpc) is 2.74. The predicted octanol–water partition coefficient (Wildman–Crippen LogP) is 4.61. The van der Waals surface area contributed by atoms with Gasteiger partial charge in [0.25, 0.3) is 0 Å². The van der Waals surface area contributed by atoms with Gasteiger partial charge in [-0.2, -0.15) is 0 Å². The minimum absolute atomic E-state index is 0.218. The first kappa shape index (κ1) is 13.8. The second-order valence-electron chi connectivity index (χ2n) is 4.15. The van der Waals surface area contributed by atoms with Crippen molar-refractivity contribution in [1.82, 2.24) is 10.3 Å². The van der Waals surface area contributed by atoms with Crippen LogP contribution in [0.5, 0.6) is 0 Å². The molecular formula is C13H14Cl2N2S. The van der Waals surface area contributed by atoms with Crippen LogP contribution in [-0.4, -0.2) is 4.98 Å². The van der Waals surface area contributed by atoms with E-state index in [-0.39, 0.29) is 6.04 Å². The van der Waals surface area contributed by atoms with Crippen LogP contribution in [0.1, 0.15) is 28.4 Å². The van der Waals surface area contributed by atoms with Crippen LogP contribution < -0.4 is 5.32 Å². The fourth-order valence-corrected chi connectivity index (χ4v) is 2.86. The molecule has 0 saturated heterocycles. The molecule has 1 N–H and O–H groups in total. The summed E-state index contributed by atoms with van der Waals surface area (Å²) in [7, 11) is 0. The third kappa shape index (κ3) is 3.45. The van der Waals surface area contributed by atoms with E-state index in [4.69, 9.17) is 23.2 Å². The molecule has 0 fully saturated rings. The SMILES string of the molecule is Cc1cnc(C(C)NCc2ccc(Cl)cc2Cl)s1. The van der Waals surface area contributed by atoms with Crippen molar-refractivity contribution in [1.29, 1.82) is 0 Å². The summed E-state index contributed by atoms with van der Waals surface area (Å²) in [5.41, 5.74) is 1.04. The van der Waals surface area contributed by atoms with E-state index in [9.17, 15) is 0 Å². The Morgan fingerprint density at radius 3 is 2.78 bits per heavy atom. The van der Waals surface area contributed by atoms with Gasteiger partial charge in [-0.3, -0.25) is 0 Å². The maximum Gasteiger partial charge on any atom is 0.109 e. The summed E-state index contributed by atoms with van der Waals surface area (Å²) in [5.74, 6) is 0. The second-order valence-corrected chi connectivity index (χ2v) is 6.26. The molecular weight excluding hydrogens is 287 g/mol. The number of rotatable bonds is 4. The van der Waals surface area contributed by atoms with Crippen molar-refractivity contribution in [2.45, 2.75) is 26.4 Å². The number of hydrogen-bond donors (Lipinski definition) is 1. The van der Waals surface area contributed by atoms with Crippen LogP contribution in [0.25, 0.3) is 0 Å². The molecule has 2 rings (SSSR count). The molecule has 96 valence electrons. The molecule has 1 aromatic carbocycles. The lowest BCUT2D eigenvalue weighted by Gasteiger charge is -2.12. The lowest BCUT2D eigenvalue weighted by molar-refractivity contribution is 0.572. The van der Waals surface area contributed by atoms with Gasteiger partial charge >= 0.3 is 0 Å². The molecule has 0 aliphatic rings. The van der Waals surface area contributed by atoms with Crippen molar-refractivity contribution in [2.75, 3.05) is 0 Å². The standard InChI is InChI=1S/C13H14Cl2N2S/c1-8-6-17-13(18-8)9(2)16-7-10-3-4-11(14)5-12(10)15/h3-6,9,16H,7H2,1-2H3.